The van der Waals surface area contributed by atoms with Crippen molar-refractivity contribution >= 4 is 133 Å². The zero-order valence-corrected chi connectivity index (χ0v) is 68.9. The van der Waals surface area contributed by atoms with Gasteiger partial charge in [-0.1, -0.05) is 103 Å². The van der Waals surface area contributed by atoms with E-state index < -0.39 is 29.1 Å². The Kier molecular flexibility index (Phi) is 23.6. The number of esters is 2. The van der Waals surface area contributed by atoms with Crippen molar-refractivity contribution in [1.29, 1.82) is 0 Å². The first-order valence-corrected chi connectivity index (χ1v) is 40.9. The number of rotatable bonds is 20. The van der Waals surface area contributed by atoms with Crippen LogP contribution in [0.1, 0.15) is 202 Å². The van der Waals surface area contributed by atoms with E-state index in [-0.39, 0.29) is 96.5 Å². The SMILES string of the molecule is CC(C)(C)OC(=O)c1ccc(Br)cn1.CC(C)(C)OC(=O)c1ccc(N2C(=O)[C@@H]3C[C@H]2C[C@H]3OCc2c(-c3c(Cl)cccc3Cl)noc2C2CC2)cn1.O=C(O)c1ccc(N2C(=O)[C@@H]3C[C@H]2C[C@H]3OCc2c(-c3c(Cl)cccc3Cl)noc2C2CC2)cn1.O=C1N[C@@H]2C[C@@H](OCc3c(-c4c(Cl)cccc4Cl)noc3C3CC3)[C@H]1C2. The topological polar surface area (TPSA) is 304 Å². The molecular weight excluding hydrogens is 1660 g/mol. The Hall–Kier alpha value is -8.34. The van der Waals surface area contributed by atoms with Gasteiger partial charge in [-0.3, -0.25) is 14.4 Å². The highest BCUT2D eigenvalue weighted by Crippen LogP contribution is 2.52. The molecule has 18 rings (SSSR count). The third-order valence-corrected chi connectivity index (χ3v) is 23.8. The minimum atomic E-state index is -1.10. The third-order valence-electron chi connectivity index (χ3n) is 21.4. The minimum absolute atomic E-state index is 0.00420. The van der Waals surface area contributed by atoms with E-state index in [0.29, 0.717) is 131 Å². The fourth-order valence-electron chi connectivity index (χ4n) is 15.7. The number of hydrogen-bond acceptors (Lipinski definition) is 20. The zero-order valence-electron chi connectivity index (χ0n) is 62.8. The van der Waals surface area contributed by atoms with Crippen LogP contribution in [-0.4, -0.2) is 119 Å². The van der Waals surface area contributed by atoms with Gasteiger partial charge in [-0.05, 0) is 207 Å². The van der Waals surface area contributed by atoms with Crippen LogP contribution >= 0.6 is 85.5 Å². The molecule has 24 nitrogen and oxygen atoms in total. The van der Waals surface area contributed by atoms with Crippen LogP contribution in [0.2, 0.25) is 30.1 Å². The Morgan fingerprint density at radius 2 is 0.825 bits per heavy atom. The van der Waals surface area contributed by atoms with Gasteiger partial charge < -0.3 is 57.5 Å². The molecule has 0 spiro atoms. The van der Waals surface area contributed by atoms with E-state index in [4.69, 9.17) is 112 Å². The predicted molar refractivity (Wildman–Crippen MR) is 428 cm³/mol. The lowest BCUT2D eigenvalue weighted by atomic mass is 10.0. The highest BCUT2D eigenvalue weighted by molar-refractivity contribution is 9.10. The first-order valence-electron chi connectivity index (χ1n) is 37.9. The number of pyridine rings is 3. The Bertz CT molecular complexity index is 5100. The molecule has 3 aromatic carbocycles. The van der Waals surface area contributed by atoms with Crippen molar-refractivity contribution in [2.45, 2.75) is 204 Å². The molecule has 6 bridgehead atoms. The van der Waals surface area contributed by atoms with Crippen molar-refractivity contribution in [2.24, 2.45) is 17.8 Å². The number of ether oxygens (including phenoxy) is 5. The summed E-state index contributed by atoms with van der Waals surface area (Å²) in [6.45, 7) is 11.8. The lowest BCUT2D eigenvalue weighted by Crippen LogP contribution is -2.43. The van der Waals surface area contributed by atoms with Crippen LogP contribution in [0.15, 0.2) is 128 Å². The van der Waals surface area contributed by atoms with Crippen LogP contribution in [0.4, 0.5) is 11.4 Å². The predicted octanol–water partition coefficient (Wildman–Crippen LogP) is 19.0. The summed E-state index contributed by atoms with van der Waals surface area (Å²) in [5, 5.41) is 28.0. The number of aromatic carboxylic acids is 1. The number of carboxylic acids is 1. The van der Waals surface area contributed by atoms with Crippen molar-refractivity contribution in [2.75, 3.05) is 9.80 Å². The number of fused-ring (bicyclic) bond motifs is 6. The van der Waals surface area contributed by atoms with Crippen LogP contribution in [0, 0.1) is 17.8 Å². The number of aromatic nitrogens is 6. The number of piperidine rings is 3. The first-order chi connectivity index (χ1) is 54.5. The standard InChI is InChI=1S/C29H29Cl2N3O5.C25H21Cl2N3O5.C19H18Cl2N2O3.C10H12BrNO2/c1-29(2,3)38-28(36)22-10-9-16(13-32-22)34-17-11-18(27(34)35)23(12-17)37-14-19-25(33-39-26(19)15-7-8-15)24-20(30)5-4-6-21(24)31;26-17-2-1-3-18(27)21(17)22-16(23(35-29-22)12-4-5-12)11-34-20-9-14-8-15(20)24(31)30(14)13-6-7-19(25(32)33)28-10-13;20-13-2-1-3-14(21)16(13)17-12(18(26-23-17)9-4-5-9)8-25-15-7-10-6-11(15)19(24)22-10;1-10(2,3)14-9(13)8-5-4-7(11)6-12-8/h4-6,9-10,13,15,17-18,23H,7-8,11-12,14H2,1-3H3;1-3,6-7,10,12,14-15,20H,4-5,8-9,11H2,(H,32,33);1-3,9-11,15H,4-8H2,(H,22,24);4-6H,1-3H3/t17-,18+,23+;14-,15+,20+;10-,11+,15+;/m000./s1. The number of anilines is 2. The summed E-state index contributed by atoms with van der Waals surface area (Å²) < 4.78 is 47.4. The quantitative estimate of drug-likeness (QED) is 0.0670. The highest BCUT2D eigenvalue weighted by atomic mass is 79.9. The Labute approximate surface area is 694 Å². The lowest BCUT2D eigenvalue weighted by Gasteiger charge is -2.31. The maximum Gasteiger partial charge on any atom is 0.357 e. The summed E-state index contributed by atoms with van der Waals surface area (Å²) >= 11 is 41.8. The van der Waals surface area contributed by atoms with E-state index in [9.17, 15) is 28.8 Å². The average molecular weight is 1740 g/mol. The monoisotopic (exact) mass is 1730 g/mol. The van der Waals surface area contributed by atoms with E-state index in [0.717, 1.165) is 89.8 Å². The molecule has 9 aliphatic rings. The smallest absolute Gasteiger partial charge is 0.357 e. The van der Waals surface area contributed by atoms with E-state index in [1.807, 2.05) is 20.8 Å². The minimum Gasteiger partial charge on any atom is -0.477 e. The number of carbonyl (C=O) groups is 6. The van der Waals surface area contributed by atoms with Crippen molar-refractivity contribution in [1.82, 2.24) is 35.7 Å². The van der Waals surface area contributed by atoms with Gasteiger partial charge in [0.05, 0.1) is 110 Å². The second kappa shape index (κ2) is 33.3. The summed E-state index contributed by atoms with van der Waals surface area (Å²) in [6.07, 6.45) is 14.9. The first kappa shape index (κ1) is 80.8. The molecule has 6 aliphatic carbocycles. The van der Waals surface area contributed by atoms with E-state index >= 15 is 0 Å². The van der Waals surface area contributed by atoms with Gasteiger partial charge in [0, 0.05) is 79.9 Å². The number of benzene rings is 3. The third kappa shape index (κ3) is 17.7. The van der Waals surface area contributed by atoms with Gasteiger partial charge in [-0.25, -0.2) is 29.3 Å². The molecule has 6 aromatic heterocycles. The van der Waals surface area contributed by atoms with Gasteiger partial charge in [0.25, 0.3) is 0 Å². The number of hydrogen-bond donors (Lipinski definition) is 2. The van der Waals surface area contributed by atoms with E-state index in [1.54, 1.807) is 128 Å². The van der Waals surface area contributed by atoms with Gasteiger partial charge in [-0.15, -0.1) is 0 Å². The second-order valence-corrected chi connectivity index (χ2v) is 35.3. The van der Waals surface area contributed by atoms with Crippen LogP contribution in [0.5, 0.6) is 0 Å². The van der Waals surface area contributed by atoms with Gasteiger partial charge in [0.1, 0.15) is 62.6 Å². The number of carboxylic acid groups (broad SMARTS) is 1. The number of carbonyl (C=O) groups excluding carboxylic acids is 5. The molecule has 596 valence electrons. The molecule has 2 N–H and O–H groups in total. The Balaban J connectivity index is 0.000000126. The summed E-state index contributed by atoms with van der Waals surface area (Å²) in [4.78, 5) is 88.9. The zero-order chi connectivity index (χ0) is 80.3. The molecule has 6 saturated carbocycles. The van der Waals surface area contributed by atoms with Crippen molar-refractivity contribution in [3.05, 3.63) is 195 Å². The van der Waals surface area contributed by atoms with Gasteiger partial charge in [0.2, 0.25) is 17.7 Å². The molecule has 9 fully saturated rings. The Morgan fingerprint density at radius 3 is 1.12 bits per heavy atom. The summed E-state index contributed by atoms with van der Waals surface area (Å²) in [5.41, 5.74) is 7.02. The highest BCUT2D eigenvalue weighted by Gasteiger charge is 2.54. The molecule has 0 unspecified atom stereocenters. The molecular formula is C83H80BrCl6N9O15. The maximum atomic E-state index is 13.4. The number of nitrogens with one attached hydrogen (secondary N) is 1. The van der Waals surface area contributed by atoms with Crippen molar-refractivity contribution in [3.63, 3.8) is 0 Å². The molecule has 9 atom stereocenters. The summed E-state index contributed by atoms with van der Waals surface area (Å²) in [7, 11) is 0. The number of amides is 3. The summed E-state index contributed by atoms with van der Waals surface area (Å²) in [6, 6.07) is 26.0. The molecule has 3 amide bonds. The Morgan fingerprint density at radius 1 is 0.474 bits per heavy atom. The van der Waals surface area contributed by atoms with Crippen LogP contribution in [-0.2, 0) is 57.9 Å². The van der Waals surface area contributed by atoms with E-state index in [2.05, 4.69) is 51.7 Å². The van der Waals surface area contributed by atoms with Crippen LogP contribution in [0.3, 0.4) is 0 Å². The second-order valence-electron chi connectivity index (χ2n) is 31.9. The van der Waals surface area contributed by atoms with Gasteiger partial charge in [0.15, 0.2) is 0 Å². The fraction of sp³-hybridized carbons (Fsp3) is 0.422. The van der Waals surface area contributed by atoms with Gasteiger partial charge >= 0.3 is 17.9 Å². The molecule has 3 saturated heterocycles. The number of halogens is 7. The van der Waals surface area contributed by atoms with Crippen molar-refractivity contribution in [3.8, 4) is 33.8 Å². The lowest BCUT2D eigenvalue weighted by molar-refractivity contribution is -0.129. The number of nitrogens with zero attached hydrogens (tertiary/aromatic N) is 8. The van der Waals surface area contributed by atoms with Crippen LogP contribution in [0.25, 0.3) is 33.8 Å². The largest absolute Gasteiger partial charge is 0.477 e. The molecule has 9 aromatic rings. The van der Waals surface area contributed by atoms with Crippen molar-refractivity contribution < 1.29 is 71.1 Å². The fourth-order valence-corrected chi connectivity index (χ4v) is 17.7. The molecule has 114 heavy (non-hydrogen) atoms. The molecule has 9 heterocycles. The van der Waals surface area contributed by atoms with Crippen LogP contribution < -0.4 is 15.1 Å². The summed E-state index contributed by atoms with van der Waals surface area (Å²) in [5.74, 6) is 1.03. The van der Waals surface area contributed by atoms with Gasteiger partial charge in [-0.2, -0.15) is 0 Å². The molecule has 3 aliphatic heterocycles. The molecule has 0 radical (unpaired) electrons. The van der Waals surface area contributed by atoms with E-state index in [1.165, 1.54) is 12.3 Å². The maximum absolute atomic E-state index is 13.4. The average Bonchev–Trinajstić information content (AvgIpc) is 1.61. The normalized spacial score (nSPS) is 22.4. The molecule has 31 heteroatoms.